The van der Waals surface area contributed by atoms with E-state index in [4.69, 9.17) is 0 Å². The summed E-state index contributed by atoms with van der Waals surface area (Å²) >= 11 is 0. The number of aryl methyl sites for hydroxylation is 2. The van der Waals surface area contributed by atoms with Gasteiger partial charge in [-0.05, 0) is 62.6 Å². The van der Waals surface area contributed by atoms with Gasteiger partial charge < -0.3 is 4.90 Å². The minimum atomic E-state index is -0.212. The monoisotopic (exact) mass is 380 g/mol. The molecule has 4 heteroatoms. The third kappa shape index (κ3) is 4.87. The first-order valence-corrected chi connectivity index (χ1v) is 9.88. The molecule has 28 heavy (non-hydrogen) atoms. The van der Waals surface area contributed by atoms with Crippen LogP contribution in [0.2, 0.25) is 0 Å². The Bertz CT molecular complexity index is 859. The number of piperazine rings is 1. The molecular formula is C24H29FN2O. The lowest BCUT2D eigenvalue weighted by Crippen LogP contribution is -2.57. The first-order valence-electron chi connectivity index (χ1n) is 9.88. The van der Waals surface area contributed by atoms with Crippen LogP contribution in [0.4, 0.5) is 4.39 Å². The third-order valence-electron chi connectivity index (χ3n) is 5.53. The molecule has 0 radical (unpaired) electrons. The molecule has 1 amide bonds. The molecule has 1 saturated heterocycles. The standard InChI is InChI=1S/C24H29FN2O/c1-17-5-8-22(18(2)13-17)9-12-24(28)27-15-19(3)26(14-20(27)4)16-21-6-10-23(25)11-7-21/h5-13,19-20H,14-16H2,1-4H3/b12-9+/t19-,20+/m0/s1. The van der Waals surface area contributed by atoms with E-state index in [1.165, 1.54) is 23.3 Å². The van der Waals surface area contributed by atoms with E-state index in [0.29, 0.717) is 6.54 Å². The van der Waals surface area contributed by atoms with E-state index in [9.17, 15) is 9.18 Å². The summed E-state index contributed by atoms with van der Waals surface area (Å²) in [7, 11) is 0. The van der Waals surface area contributed by atoms with Crippen LogP contribution in [-0.4, -0.2) is 40.9 Å². The topological polar surface area (TPSA) is 23.6 Å². The van der Waals surface area contributed by atoms with Crippen LogP contribution in [0.1, 0.15) is 36.1 Å². The molecule has 0 unspecified atom stereocenters. The minimum absolute atomic E-state index is 0.0563. The molecule has 0 saturated carbocycles. The van der Waals surface area contributed by atoms with Crippen molar-refractivity contribution in [2.24, 2.45) is 0 Å². The van der Waals surface area contributed by atoms with Crippen LogP contribution < -0.4 is 0 Å². The highest BCUT2D eigenvalue weighted by Gasteiger charge is 2.30. The van der Waals surface area contributed by atoms with Crippen molar-refractivity contribution in [1.82, 2.24) is 9.80 Å². The van der Waals surface area contributed by atoms with Crippen LogP contribution in [0.15, 0.2) is 48.5 Å². The number of hydrogen-bond donors (Lipinski definition) is 0. The van der Waals surface area contributed by atoms with Gasteiger partial charge in [0.1, 0.15) is 5.82 Å². The quantitative estimate of drug-likeness (QED) is 0.725. The fourth-order valence-electron chi connectivity index (χ4n) is 3.82. The lowest BCUT2D eigenvalue weighted by molar-refractivity contribution is -0.131. The molecule has 1 aliphatic heterocycles. The summed E-state index contributed by atoms with van der Waals surface area (Å²) in [6.07, 6.45) is 3.61. The molecule has 1 fully saturated rings. The van der Waals surface area contributed by atoms with Crippen LogP contribution >= 0.6 is 0 Å². The summed E-state index contributed by atoms with van der Waals surface area (Å²) in [6.45, 7) is 10.6. The zero-order chi connectivity index (χ0) is 20.3. The molecule has 148 valence electrons. The van der Waals surface area contributed by atoms with E-state index in [1.54, 1.807) is 6.08 Å². The van der Waals surface area contributed by atoms with Crippen molar-refractivity contribution in [2.45, 2.75) is 46.3 Å². The summed E-state index contributed by atoms with van der Waals surface area (Å²) in [5, 5.41) is 0. The molecule has 0 aromatic heterocycles. The first-order chi connectivity index (χ1) is 13.3. The van der Waals surface area contributed by atoms with E-state index < -0.39 is 0 Å². The largest absolute Gasteiger partial charge is 0.334 e. The van der Waals surface area contributed by atoms with Crippen molar-refractivity contribution in [3.05, 3.63) is 76.6 Å². The number of hydrogen-bond acceptors (Lipinski definition) is 2. The molecule has 0 aliphatic carbocycles. The lowest BCUT2D eigenvalue weighted by Gasteiger charge is -2.44. The summed E-state index contributed by atoms with van der Waals surface area (Å²) in [4.78, 5) is 17.1. The second-order valence-corrected chi connectivity index (χ2v) is 7.94. The third-order valence-corrected chi connectivity index (χ3v) is 5.53. The Labute approximate surface area is 167 Å². The molecule has 1 heterocycles. The van der Waals surface area contributed by atoms with Gasteiger partial charge >= 0.3 is 0 Å². The van der Waals surface area contributed by atoms with Crippen molar-refractivity contribution in [1.29, 1.82) is 0 Å². The maximum Gasteiger partial charge on any atom is 0.246 e. The first kappa shape index (κ1) is 20.3. The van der Waals surface area contributed by atoms with Gasteiger partial charge in [-0.3, -0.25) is 9.69 Å². The molecular weight excluding hydrogens is 351 g/mol. The Balaban J connectivity index is 1.63. The molecule has 2 atom stereocenters. The molecule has 0 N–H and O–H groups in total. The van der Waals surface area contributed by atoms with Gasteiger partial charge in [0.25, 0.3) is 0 Å². The molecule has 0 spiro atoms. The Morgan fingerprint density at radius 2 is 1.79 bits per heavy atom. The number of carbonyl (C=O) groups excluding carboxylic acids is 1. The summed E-state index contributed by atoms with van der Waals surface area (Å²) in [6, 6.07) is 13.3. The van der Waals surface area contributed by atoms with E-state index in [2.05, 4.69) is 50.8 Å². The van der Waals surface area contributed by atoms with Gasteiger partial charge in [-0.1, -0.05) is 35.9 Å². The summed E-state index contributed by atoms with van der Waals surface area (Å²) in [5.74, 6) is -0.156. The Hall–Kier alpha value is -2.46. The molecule has 3 nitrogen and oxygen atoms in total. The number of amides is 1. The van der Waals surface area contributed by atoms with Gasteiger partial charge in [0.05, 0.1) is 0 Å². The fourth-order valence-corrected chi connectivity index (χ4v) is 3.82. The highest BCUT2D eigenvalue weighted by atomic mass is 19.1. The summed E-state index contributed by atoms with van der Waals surface area (Å²) in [5.41, 5.74) is 4.57. The summed E-state index contributed by atoms with van der Waals surface area (Å²) < 4.78 is 13.1. The van der Waals surface area contributed by atoms with Gasteiger partial charge in [-0.15, -0.1) is 0 Å². The minimum Gasteiger partial charge on any atom is -0.334 e. The maximum absolute atomic E-state index is 13.1. The Kier molecular flexibility index (Phi) is 6.30. The van der Waals surface area contributed by atoms with Crippen molar-refractivity contribution in [2.75, 3.05) is 13.1 Å². The van der Waals surface area contributed by atoms with Crippen LogP contribution in [0.5, 0.6) is 0 Å². The van der Waals surface area contributed by atoms with E-state index in [0.717, 1.165) is 24.2 Å². The van der Waals surface area contributed by atoms with Gasteiger partial charge in [0, 0.05) is 37.8 Å². The maximum atomic E-state index is 13.1. The van der Waals surface area contributed by atoms with Crippen LogP contribution in [0.3, 0.4) is 0 Å². The smallest absolute Gasteiger partial charge is 0.246 e. The van der Waals surface area contributed by atoms with Crippen LogP contribution in [0, 0.1) is 19.7 Å². The van der Waals surface area contributed by atoms with Crippen molar-refractivity contribution in [3.8, 4) is 0 Å². The van der Waals surface area contributed by atoms with Crippen molar-refractivity contribution in [3.63, 3.8) is 0 Å². The average molecular weight is 381 g/mol. The molecule has 0 bridgehead atoms. The Morgan fingerprint density at radius 1 is 1.07 bits per heavy atom. The number of halogens is 1. The van der Waals surface area contributed by atoms with Crippen LogP contribution in [0.25, 0.3) is 6.08 Å². The number of rotatable bonds is 4. The Morgan fingerprint density at radius 3 is 2.46 bits per heavy atom. The van der Waals surface area contributed by atoms with Crippen molar-refractivity contribution >= 4 is 12.0 Å². The normalized spacial score (nSPS) is 20.7. The van der Waals surface area contributed by atoms with Crippen molar-refractivity contribution < 1.29 is 9.18 Å². The SMILES string of the molecule is Cc1ccc(/C=C/C(=O)N2C[C@H](C)N(Cc3ccc(F)cc3)C[C@H]2C)c(C)c1. The van der Waals surface area contributed by atoms with Crippen LogP contribution in [-0.2, 0) is 11.3 Å². The van der Waals surface area contributed by atoms with E-state index >= 15 is 0 Å². The number of nitrogens with zero attached hydrogens (tertiary/aromatic N) is 2. The number of benzene rings is 2. The second-order valence-electron chi connectivity index (χ2n) is 7.94. The molecule has 1 aliphatic rings. The fraction of sp³-hybridized carbons (Fsp3) is 0.375. The van der Waals surface area contributed by atoms with Gasteiger partial charge in [-0.25, -0.2) is 4.39 Å². The predicted octanol–water partition coefficient (Wildman–Crippen LogP) is 4.58. The van der Waals surface area contributed by atoms with Gasteiger partial charge in [0.2, 0.25) is 5.91 Å². The predicted molar refractivity (Wildman–Crippen MR) is 112 cm³/mol. The zero-order valence-corrected chi connectivity index (χ0v) is 17.2. The highest BCUT2D eigenvalue weighted by molar-refractivity contribution is 5.92. The molecule has 2 aromatic carbocycles. The number of carbonyl (C=O) groups is 1. The van der Waals surface area contributed by atoms with E-state index in [1.807, 2.05) is 23.1 Å². The lowest BCUT2D eigenvalue weighted by atomic mass is 10.0. The second kappa shape index (κ2) is 8.70. The van der Waals surface area contributed by atoms with Gasteiger partial charge in [0.15, 0.2) is 0 Å². The highest BCUT2D eigenvalue weighted by Crippen LogP contribution is 2.19. The van der Waals surface area contributed by atoms with E-state index in [-0.39, 0.29) is 23.8 Å². The average Bonchev–Trinajstić information content (AvgIpc) is 2.65. The zero-order valence-electron chi connectivity index (χ0n) is 17.2. The molecule has 2 aromatic rings. The van der Waals surface area contributed by atoms with Gasteiger partial charge in [-0.2, -0.15) is 0 Å². The molecule has 3 rings (SSSR count).